The summed E-state index contributed by atoms with van der Waals surface area (Å²) in [5.41, 5.74) is 0. The van der Waals surface area contributed by atoms with Gasteiger partial charge in [-0.2, -0.15) is 0 Å². The Morgan fingerprint density at radius 3 is 2.42 bits per heavy atom. The van der Waals surface area contributed by atoms with Crippen molar-refractivity contribution in [3.8, 4) is 0 Å². The molecule has 0 saturated heterocycles. The van der Waals surface area contributed by atoms with E-state index in [1.807, 2.05) is 6.08 Å². The van der Waals surface area contributed by atoms with Crippen molar-refractivity contribution in [3.05, 3.63) is 42.6 Å². The van der Waals surface area contributed by atoms with E-state index in [4.69, 9.17) is 0 Å². The second-order valence-corrected chi connectivity index (χ2v) is 6.25. The van der Waals surface area contributed by atoms with Gasteiger partial charge in [-0.15, -0.1) is 0 Å². The Morgan fingerprint density at radius 2 is 1.74 bits per heavy atom. The maximum absolute atomic E-state index is 11.8. The molecule has 19 heavy (non-hydrogen) atoms. The summed E-state index contributed by atoms with van der Waals surface area (Å²) < 4.78 is 26.2. The number of sulfonamides is 1. The quantitative estimate of drug-likeness (QED) is 0.699. The van der Waals surface area contributed by atoms with E-state index in [2.05, 4.69) is 11.6 Å². The van der Waals surface area contributed by atoms with Crippen LogP contribution in [-0.2, 0) is 10.0 Å². The third kappa shape index (κ3) is 6.43. The lowest BCUT2D eigenvalue weighted by Gasteiger charge is -2.03. The molecule has 0 atom stereocenters. The highest BCUT2D eigenvalue weighted by Crippen LogP contribution is 2.08. The fraction of sp³-hybridized carbons (Fsp3) is 0.467. The van der Waals surface area contributed by atoms with Gasteiger partial charge in [-0.25, -0.2) is 8.42 Å². The van der Waals surface area contributed by atoms with E-state index < -0.39 is 10.0 Å². The minimum atomic E-state index is -3.40. The van der Waals surface area contributed by atoms with Gasteiger partial charge in [0.1, 0.15) is 0 Å². The number of rotatable bonds is 9. The zero-order valence-electron chi connectivity index (χ0n) is 11.5. The van der Waals surface area contributed by atoms with Crippen LogP contribution >= 0.6 is 0 Å². The standard InChI is InChI=1S/C15H23NO2S/c1-2-3-4-5-6-7-11-14-16-19(17,18)15-12-9-8-10-13-15/h8-14,16H,2-7H2,1H3/b14-11-. The summed E-state index contributed by atoms with van der Waals surface area (Å²) in [5.74, 6) is 0. The molecule has 0 bridgehead atoms. The predicted molar refractivity (Wildman–Crippen MR) is 79.3 cm³/mol. The molecule has 0 aliphatic carbocycles. The van der Waals surface area contributed by atoms with Gasteiger partial charge in [0.2, 0.25) is 0 Å². The number of nitrogens with one attached hydrogen (secondary N) is 1. The molecule has 0 unspecified atom stereocenters. The van der Waals surface area contributed by atoms with Crippen molar-refractivity contribution in [3.63, 3.8) is 0 Å². The smallest absolute Gasteiger partial charge is 0.261 e. The van der Waals surface area contributed by atoms with E-state index in [1.165, 1.54) is 31.9 Å². The van der Waals surface area contributed by atoms with E-state index >= 15 is 0 Å². The van der Waals surface area contributed by atoms with Crippen LogP contribution in [0.25, 0.3) is 0 Å². The molecule has 0 aromatic heterocycles. The van der Waals surface area contributed by atoms with Crippen molar-refractivity contribution in [1.29, 1.82) is 0 Å². The Morgan fingerprint density at radius 1 is 1.05 bits per heavy atom. The Kier molecular flexibility index (Phi) is 7.26. The molecular weight excluding hydrogens is 258 g/mol. The monoisotopic (exact) mass is 281 g/mol. The molecule has 0 fully saturated rings. The van der Waals surface area contributed by atoms with Crippen LogP contribution in [0.15, 0.2) is 47.5 Å². The van der Waals surface area contributed by atoms with Gasteiger partial charge in [-0.1, -0.05) is 56.9 Å². The first-order valence-corrected chi connectivity index (χ1v) is 8.37. The molecule has 106 valence electrons. The molecule has 4 heteroatoms. The highest BCUT2D eigenvalue weighted by Gasteiger charge is 2.09. The topological polar surface area (TPSA) is 46.2 Å². The number of benzene rings is 1. The summed E-state index contributed by atoms with van der Waals surface area (Å²) in [7, 11) is -3.40. The Hall–Kier alpha value is -1.29. The average molecular weight is 281 g/mol. The van der Waals surface area contributed by atoms with Gasteiger partial charge in [0.15, 0.2) is 0 Å². The zero-order chi connectivity index (χ0) is 14.0. The normalized spacial score (nSPS) is 11.8. The van der Waals surface area contributed by atoms with Crippen molar-refractivity contribution in [2.45, 2.75) is 50.3 Å². The molecule has 0 heterocycles. The lowest BCUT2D eigenvalue weighted by atomic mass is 10.1. The van der Waals surface area contributed by atoms with Crippen LogP contribution in [0.3, 0.4) is 0 Å². The summed E-state index contributed by atoms with van der Waals surface area (Å²) in [4.78, 5) is 0.294. The molecule has 1 rings (SSSR count). The van der Waals surface area contributed by atoms with Crippen LogP contribution in [-0.4, -0.2) is 8.42 Å². The molecule has 1 N–H and O–H groups in total. The van der Waals surface area contributed by atoms with Crippen LogP contribution in [0.5, 0.6) is 0 Å². The largest absolute Gasteiger partial charge is 0.287 e. The maximum Gasteiger partial charge on any atom is 0.261 e. The molecule has 0 aliphatic heterocycles. The second kappa shape index (κ2) is 8.75. The van der Waals surface area contributed by atoms with E-state index in [-0.39, 0.29) is 0 Å². The fourth-order valence-corrected chi connectivity index (χ4v) is 2.68. The summed E-state index contributed by atoms with van der Waals surface area (Å²) in [6.45, 7) is 2.19. The molecular formula is C15H23NO2S. The fourth-order valence-electron chi connectivity index (χ4n) is 1.75. The van der Waals surface area contributed by atoms with Gasteiger partial charge in [0, 0.05) is 6.20 Å². The summed E-state index contributed by atoms with van der Waals surface area (Å²) in [6, 6.07) is 8.39. The molecule has 1 aromatic rings. The third-order valence-electron chi connectivity index (χ3n) is 2.87. The van der Waals surface area contributed by atoms with Crippen molar-refractivity contribution < 1.29 is 8.42 Å². The number of allylic oxidation sites excluding steroid dienone is 1. The van der Waals surface area contributed by atoms with Crippen molar-refractivity contribution in [2.75, 3.05) is 0 Å². The van der Waals surface area contributed by atoms with Gasteiger partial charge in [-0.3, -0.25) is 4.72 Å². The van der Waals surface area contributed by atoms with Gasteiger partial charge < -0.3 is 0 Å². The van der Waals surface area contributed by atoms with Gasteiger partial charge in [0.25, 0.3) is 10.0 Å². The van der Waals surface area contributed by atoms with Crippen LogP contribution < -0.4 is 4.72 Å². The molecule has 0 radical (unpaired) electrons. The summed E-state index contributed by atoms with van der Waals surface area (Å²) in [5, 5.41) is 0. The van der Waals surface area contributed by atoms with Crippen LogP contribution in [0.1, 0.15) is 45.4 Å². The highest BCUT2D eigenvalue weighted by molar-refractivity contribution is 7.89. The van der Waals surface area contributed by atoms with Gasteiger partial charge in [0.05, 0.1) is 4.90 Å². The first kappa shape index (κ1) is 15.8. The number of hydrogen-bond acceptors (Lipinski definition) is 2. The Balaban J connectivity index is 2.28. The minimum absolute atomic E-state index is 0.294. The summed E-state index contributed by atoms with van der Waals surface area (Å²) >= 11 is 0. The molecule has 3 nitrogen and oxygen atoms in total. The van der Waals surface area contributed by atoms with E-state index in [0.29, 0.717) is 4.90 Å². The summed E-state index contributed by atoms with van der Waals surface area (Å²) in [6.07, 6.45) is 10.4. The molecule has 1 aromatic carbocycles. The zero-order valence-corrected chi connectivity index (χ0v) is 12.3. The molecule has 0 aliphatic rings. The first-order valence-electron chi connectivity index (χ1n) is 6.89. The molecule has 0 spiro atoms. The van der Waals surface area contributed by atoms with E-state index in [0.717, 1.165) is 12.8 Å². The van der Waals surface area contributed by atoms with Crippen LogP contribution in [0.4, 0.5) is 0 Å². The lowest BCUT2D eigenvalue weighted by Crippen LogP contribution is -2.17. The van der Waals surface area contributed by atoms with Gasteiger partial charge in [-0.05, 0) is 25.0 Å². The third-order valence-corrected chi connectivity index (χ3v) is 4.21. The lowest BCUT2D eigenvalue weighted by molar-refractivity contribution is 0.590. The van der Waals surface area contributed by atoms with Crippen LogP contribution in [0.2, 0.25) is 0 Å². The predicted octanol–water partition coefficient (Wildman–Crippen LogP) is 3.84. The number of unbranched alkanes of at least 4 members (excludes halogenated alkanes) is 5. The first-order chi connectivity index (χ1) is 9.17. The average Bonchev–Trinajstić information content (AvgIpc) is 2.43. The maximum atomic E-state index is 11.8. The van der Waals surface area contributed by atoms with Gasteiger partial charge >= 0.3 is 0 Å². The highest BCUT2D eigenvalue weighted by atomic mass is 32.2. The van der Waals surface area contributed by atoms with Crippen LogP contribution in [0, 0.1) is 0 Å². The molecule has 0 amide bonds. The van der Waals surface area contributed by atoms with Crippen molar-refractivity contribution in [2.24, 2.45) is 0 Å². The Bertz CT molecular complexity index is 466. The second-order valence-electron chi connectivity index (χ2n) is 4.54. The Labute approximate surface area is 116 Å². The SMILES string of the molecule is CCCCCCC/C=C\NS(=O)(=O)c1ccccc1. The van der Waals surface area contributed by atoms with Crippen molar-refractivity contribution >= 4 is 10.0 Å². The van der Waals surface area contributed by atoms with E-state index in [1.54, 1.807) is 30.3 Å². The molecule has 0 saturated carbocycles. The van der Waals surface area contributed by atoms with Crippen molar-refractivity contribution in [1.82, 2.24) is 4.72 Å². The minimum Gasteiger partial charge on any atom is -0.287 e. The van der Waals surface area contributed by atoms with E-state index in [9.17, 15) is 8.42 Å². The number of hydrogen-bond donors (Lipinski definition) is 1.